The van der Waals surface area contributed by atoms with Gasteiger partial charge >= 0.3 is 6.03 Å². The summed E-state index contributed by atoms with van der Waals surface area (Å²) in [6, 6.07) is 11.6. The monoisotopic (exact) mass is 367 g/mol. The lowest BCUT2D eigenvalue weighted by Gasteiger charge is -2.31. The third-order valence-corrected chi connectivity index (χ3v) is 4.95. The Balaban J connectivity index is 1.65. The number of urea groups is 1. The number of nitrogens with zero attached hydrogens (tertiary/aromatic N) is 2. The van der Waals surface area contributed by atoms with Gasteiger partial charge in [-0.1, -0.05) is 24.3 Å². The van der Waals surface area contributed by atoms with Gasteiger partial charge in [0.05, 0.1) is 23.9 Å². The first-order valence-electron chi connectivity index (χ1n) is 8.54. The topological polar surface area (TPSA) is 72.9 Å². The number of nitrogens with one attached hydrogen (secondary N) is 1. The molecule has 0 spiro atoms. The van der Waals surface area contributed by atoms with Gasteiger partial charge in [0.1, 0.15) is 11.6 Å². The van der Waals surface area contributed by atoms with Gasteiger partial charge in [-0.05, 0) is 35.4 Å². The maximum Gasteiger partial charge on any atom is 0.322 e. The maximum atomic E-state index is 13.1. The highest BCUT2D eigenvalue weighted by Crippen LogP contribution is 2.36. The van der Waals surface area contributed by atoms with Gasteiger partial charge in [0.2, 0.25) is 0 Å². The average Bonchev–Trinajstić information content (AvgIpc) is 2.98. The van der Waals surface area contributed by atoms with Gasteiger partial charge in [0, 0.05) is 13.6 Å². The number of hydrogen-bond donors (Lipinski definition) is 2. The summed E-state index contributed by atoms with van der Waals surface area (Å²) in [5.41, 5.74) is 2.71. The Bertz CT molecular complexity index is 938. The molecule has 0 saturated carbocycles. The molecule has 1 atom stereocenters. The molecule has 0 bridgehead atoms. The quantitative estimate of drug-likeness (QED) is 0.876. The number of carbonyl (C=O) groups excluding carboxylic acids is 2. The normalized spacial score (nSPS) is 19.4. The van der Waals surface area contributed by atoms with Crippen molar-refractivity contribution in [3.05, 3.63) is 76.7 Å². The molecule has 138 valence electrons. The van der Waals surface area contributed by atoms with E-state index in [0.29, 0.717) is 24.4 Å². The van der Waals surface area contributed by atoms with Crippen LogP contribution in [0.2, 0.25) is 0 Å². The zero-order valence-corrected chi connectivity index (χ0v) is 14.6. The van der Waals surface area contributed by atoms with E-state index in [2.05, 4.69) is 5.32 Å². The highest BCUT2D eigenvalue weighted by Gasteiger charge is 2.42. The summed E-state index contributed by atoms with van der Waals surface area (Å²) in [6.45, 7) is 0.639. The lowest BCUT2D eigenvalue weighted by Crippen LogP contribution is -2.45. The Morgan fingerprint density at radius 1 is 1.11 bits per heavy atom. The van der Waals surface area contributed by atoms with E-state index in [9.17, 15) is 19.1 Å². The summed E-state index contributed by atoms with van der Waals surface area (Å²) in [4.78, 5) is 28.5. The van der Waals surface area contributed by atoms with Gasteiger partial charge < -0.3 is 15.3 Å². The van der Waals surface area contributed by atoms with Crippen molar-refractivity contribution in [1.82, 2.24) is 15.1 Å². The van der Waals surface area contributed by atoms with E-state index in [1.165, 1.54) is 29.2 Å². The number of likely N-dealkylation sites (N-methyl/N-ethyl adjacent to an activating group) is 1. The summed E-state index contributed by atoms with van der Waals surface area (Å²) >= 11 is 0. The summed E-state index contributed by atoms with van der Waals surface area (Å²) in [6.07, 6.45) is 0. The Hall–Kier alpha value is -3.35. The largest absolute Gasteiger partial charge is 0.508 e. The van der Waals surface area contributed by atoms with Crippen LogP contribution in [0.4, 0.5) is 9.18 Å². The molecule has 0 unspecified atom stereocenters. The van der Waals surface area contributed by atoms with E-state index < -0.39 is 6.04 Å². The smallest absolute Gasteiger partial charge is 0.322 e. The number of phenolic OH excluding ortho intramolecular Hbond substituents is 1. The van der Waals surface area contributed by atoms with Crippen LogP contribution >= 0.6 is 0 Å². The van der Waals surface area contributed by atoms with E-state index in [1.807, 2.05) is 0 Å². The third-order valence-electron chi connectivity index (χ3n) is 4.95. The molecule has 2 aromatic carbocycles. The minimum atomic E-state index is -0.574. The number of halogens is 1. The van der Waals surface area contributed by atoms with Crippen LogP contribution in [0.15, 0.2) is 59.8 Å². The molecule has 2 aromatic rings. The van der Waals surface area contributed by atoms with Crippen molar-refractivity contribution in [3.63, 3.8) is 0 Å². The first-order chi connectivity index (χ1) is 12.9. The summed E-state index contributed by atoms with van der Waals surface area (Å²) < 4.78 is 13.1. The van der Waals surface area contributed by atoms with Gasteiger partial charge in [-0.3, -0.25) is 9.69 Å². The van der Waals surface area contributed by atoms with Gasteiger partial charge in [-0.25, -0.2) is 9.18 Å². The Labute approximate surface area is 155 Å². The van der Waals surface area contributed by atoms with Crippen molar-refractivity contribution < 1.29 is 19.1 Å². The van der Waals surface area contributed by atoms with Crippen molar-refractivity contribution >= 4 is 11.9 Å². The maximum absolute atomic E-state index is 13.1. The zero-order chi connectivity index (χ0) is 19.1. The Morgan fingerprint density at radius 2 is 1.78 bits per heavy atom. The first kappa shape index (κ1) is 17.1. The minimum Gasteiger partial charge on any atom is -0.508 e. The molecule has 0 aromatic heterocycles. The molecule has 4 rings (SSSR count). The lowest BCUT2D eigenvalue weighted by atomic mass is 9.95. The van der Waals surface area contributed by atoms with Crippen LogP contribution in [0, 0.1) is 5.82 Å². The van der Waals surface area contributed by atoms with E-state index in [1.54, 1.807) is 36.2 Å². The number of aromatic hydroxyl groups is 1. The molecule has 3 amide bonds. The van der Waals surface area contributed by atoms with Crippen LogP contribution < -0.4 is 5.32 Å². The molecule has 2 N–H and O–H groups in total. The molecular weight excluding hydrogens is 349 g/mol. The van der Waals surface area contributed by atoms with E-state index in [4.69, 9.17) is 0 Å². The van der Waals surface area contributed by atoms with E-state index in [-0.39, 0.29) is 23.5 Å². The number of hydrogen-bond acceptors (Lipinski definition) is 3. The van der Waals surface area contributed by atoms with E-state index in [0.717, 1.165) is 11.1 Å². The van der Waals surface area contributed by atoms with Crippen molar-refractivity contribution in [3.8, 4) is 5.75 Å². The fourth-order valence-electron chi connectivity index (χ4n) is 3.48. The second-order valence-electron chi connectivity index (χ2n) is 6.68. The van der Waals surface area contributed by atoms with Crippen LogP contribution in [-0.2, 0) is 11.3 Å². The van der Waals surface area contributed by atoms with Crippen molar-refractivity contribution in [2.45, 2.75) is 12.6 Å². The molecule has 0 aliphatic carbocycles. The highest BCUT2D eigenvalue weighted by molar-refractivity contribution is 6.01. The standard InChI is InChI=1S/C20H18FN3O3/c1-23-16-11-24(10-12-2-6-14(21)7-3-12)19(26)17(16)18(22-20(23)27)13-4-8-15(25)9-5-13/h2-9,18,25H,10-11H2,1H3,(H,22,27)/t18-/m1/s1. The fourth-order valence-corrected chi connectivity index (χ4v) is 3.48. The number of benzene rings is 2. The number of rotatable bonds is 3. The molecule has 7 heteroatoms. The third kappa shape index (κ3) is 3.01. The molecule has 0 radical (unpaired) electrons. The van der Waals surface area contributed by atoms with Crippen molar-refractivity contribution in [1.29, 1.82) is 0 Å². The van der Waals surface area contributed by atoms with Crippen LogP contribution in [-0.4, -0.2) is 40.4 Å². The number of carbonyl (C=O) groups is 2. The molecule has 2 aliphatic rings. The van der Waals surface area contributed by atoms with Gasteiger partial charge in [-0.2, -0.15) is 0 Å². The van der Waals surface area contributed by atoms with Crippen molar-refractivity contribution in [2.24, 2.45) is 0 Å². The zero-order valence-electron chi connectivity index (χ0n) is 14.6. The molecular formula is C20H18FN3O3. The summed E-state index contributed by atoms with van der Waals surface area (Å²) in [5.74, 6) is -0.381. The van der Waals surface area contributed by atoms with Gasteiger partial charge in [0.25, 0.3) is 5.91 Å². The van der Waals surface area contributed by atoms with Gasteiger partial charge in [-0.15, -0.1) is 0 Å². The fraction of sp³-hybridized carbons (Fsp3) is 0.200. The number of phenols is 1. The van der Waals surface area contributed by atoms with E-state index >= 15 is 0 Å². The van der Waals surface area contributed by atoms with Crippen LogP contribution in [0.3, 0.4) is 0 Å². The summed E-state index contributed by atoms with van der Waals surface area (Å²) in [5, 5.41) is 12.4. The van der Waals surface area contributed by atoms with Gasteiger partial charge in [0.15, 0.2) is 0 Å². The lowest BCUT2D eigenvalue weighted by molar-refractivity contribution is -0.126. The molecule has 2 aliphatic heterocycles. The molecule has 0 saturated heterocycles. The first-order valence-corrected chi connectivity index (χ1v) is 8.54. The minimum absolute atomic E-state index is 0.114. The Morgan fingerprint density at radius 3 is 2.44 bits per heavy atom. The molecule has 27 heavy (non-hydrogen) atoms. The van der Waals surface area contributed by atoms with Crippen LogP contribution in [0.25, 0.3) is 0 Å². The SMILES string of the molecule is CN1C(=O)N[C@H](c2ccc(O)cc2)C2=C1CN(Cc1ccc(F)cc1)C2=O. The second-order valence-corrected chi connectivity index (χ2v) is 6.68. The molecule has 0 fully saturated rings. The highest BCUT2D eigenvalue weighted by atomic mass is 19.1. The predicted molar refractivity (Wildman–Crippen MR) is 96.0 cm³/mol. The Kier molecular flexibility index (Phi) is 4.07. The predicted octanol–water partition coefficient (Wildman–Crippen LogP) is 2.52. The summed E-state index contributed by atoms with van der Waals surface area (Å²) in [7, 11) is 1.63. The molecule has 2 heterocycles. The molecule has 6 nitrogen and oxygen atoms in total. The van der Waals surface area contributed by atoms with Crippen LogP contribution in [0.1, 0.15) is 17.2 Å². The number of amides is 3. The van der Waals surface area contributed by atoms with Crippen molar-refractivity contribution in [2.75, 3.05) is 13.6 Å². The van der Waals surface area contributed by atoms with Crippen LogP contribution in [0.5, 0.6) is 5.75 Å². The second kappa shape index (κ2) is 6.42. The average molecular weight is 367 g/mol.